The average Bonchev–Trinajstić information content (AvgIpc) is 2.67. The summed E-state index contributed by atoms with van der Waals surface area (Å²) in [5.74, 6) is 0.558. The van der Waals surface area contributed by atoms with Crippen LogP contribution < -0.4 is 0 Å². The topological polar surface area (TPSA) is 74.6 Å². The van der Waals surface area contributed by atoms with Gasteiger partial charge in [0.15, 0.2) is 0 Å². The third kappa shape index (κ3) is 16.5. The molecule has 0 amide bonds. The van der Waals surface area contributed by atoms with Crippen molar-refractivity contribution in [3.8, 4) is 5.75 Å². The number of phenols is 1. The van der Waals surface area contributed by atoms with E-state index >= 15 is 0 Å². The Labute approximate surface area is 199 Å². The molecule has 0 spiro atoms. The van der Waals surface area contributed by atoms with E-state index in [1.54, 1.807) is 0 Å². The smallest absolute Gasteiger partial charge is 0.261 e. The summed E-state index contributed by atoms with van der Waals surface area (Å²) in [5, 5.41) is 10.9. The Morgan fingerprint density at radius 2 is 1.16 bits per heavy atom. The zero-order chi connectivity index (χ0) is 24.6. The highest BCUT2D eigenvalue weighted by Gasteiger charge is 2.21. The summed E-state index contributed by atoms with van der Waals surface area (Å²) in [4.78, 5) is 0. The van der Waals surface area contributed by atoms with E-state index in [0.29, 0.717) is 12.0 Å². The number of phenolic OH excluding ortho intramolecular Hbond substituents is 1. The van der Waals surface area contributed by atoms with E-state index in [9.17, 15) is 13.5 Å². The van der Waals surface area contributed by atoms with Crippen molar-refractivity contribution in [3.05, 3.63) is 28.8 Å². The van der Waals surface area contributed by atoms with Crippen molar-refractivity contribution in [2.45, 2.75) is 130 Å². The Morgan fingerprint density at radius 3 is 1.59 bits per heavy atom. The SMILES string of the molecule is CCCCCCCCc1cc(CCCCCCCC)c(O)c(C(C)(C)C)c1.CS(=O)(=O)O. The van der Waals surface area contributed by atoms with Crippen molar-refractivity contribution in [1.29, 1.82) is 0 Å². The van der Waals surface area contributed by atoms with E-state index in [4.69, 9.17) is 4.55 Å². The highest BCUT2D eigenvalue weighted by atomic mass is 32.2. The monoisotopic (exact) mass is 470 g/mol. The summed E-state index contributed by atoms with van der Waals surface area (Å²) in [6, 6.07) is 4.56. The van der Waals surface area contributed by atoms with E-state index in [-0.39, 0.29) is 5.41 Å². The van der Waals surface area contributed by atoms with Crippen LogP contribution in [0.3, 0.4) is 0 Å². The van der Waals surface area contributed by atoms with Gasteiger partial charge in [0.2, 0.25) is 0 Å². The van der Waals surface area contributed by atoms with Crippen LogP contribution in [0.25, 0.3) is 0 Å². The Bertz CT molecular complexity index is 710. The lowest BCUT2D eigenvalue weighted by molar-refractivity contribution is 0.438. The van der Waals surface area contributed by atoms with Crippen molar-refractivity contribution in [2.75, 3.05) is 6.26 Å². The molecule has 0 saturated carbocycles. The van der Waals surface area contributed by atoms with Crippen molar-refractivity contribution >= 4 is 10.1 Å². The fraction of sp³-hybridized carbons (Fsp3) is 0.778. The summed E-state index contributed by atoms with van der Waals surface area (Å²) in [6.07, 6.45) is 18.7. The van der Waals surface area contributed by atoms with Crippen LogP contribution in [-0.2, 0) is 28.4 Å². The zero-order valence-electron chi connectivity index (χ0n) is 21.7. The minimum absolute atomic E-state index is 0.00288. The van der Waals surface area contributed by atoms with Gasteiger partial charge in [0, 0.05) is 0 Å². The van der Waals surface area contributed by atoms with Crippen molar-refractivity contribution < 1.29 is 18.1 Å². The maximum Gasteiger partial charge on any atom is 0.261 e. The number of aryl methyl sites for hydroxylation is 2. The van der Waals surface area contributed by atoms with Gasteiger partial charge in [0.05, 0.1) is 6.26 Å². The highest BCUT2D eigenvalue weighted by Crippen LogP contribution is 2.35. The molecule has 5 heteroatoms. The van der Waals surface area contributed by atoms with Crippen LogP contribution >= 0.6 is 0 Å². The molecule has 0 radical (unpaired) electrons. The molecule has 0 bridgehead atoms. The Kier molecular flexibility index (Phi) is 16.0. The molecule has 188 valence electrons. The summed E-state index contributed by atoms with van der Waals surface area (Å²) < 4.78 is 25.9. The summed E-state index contributed by atoms with van der Waals surface area (Å²) in [5.41, 5.74) is 3.73. The Hall–Kier alpha value is -1.07. The number of hydrogen-bond donors (Lipinski definition) is 2. The van der Waals surface area contributed by atoms with Crippen LogP contribution in [0, 0.1) is 0 Å². The van der Waals surface area contributed by atoms with E-state index in [1.807, 2.05) is 0 Å². The van der Waals surface area contributed by atoms with Crippen molar-refractivity contribution in [3.63, 3.8) is 0 Å². The molecule has 1 rings (SSSR count). The molecule has 32 heavy (non-hydrogen) atoms. The standard InChI is InChI=1S/C26H46O.CH4O3S/c1-6-8-10-12-14-16-18-22-20-23(19-17-15-13-11-9-7-2)25(27)24(21-22)26(3,4)5;1-5(2,3)4/h20-21,27H,6-19H2,1-5H3;1H3,(H,2,3,4). The Morgan fingerprint density at radius 1 is 0.750 bits per heavy atom. The molecule has 2 N–H and O–H groups in total. The summed E-state index contributed by atoms with van der Waals surface area (Å²) >= 11 is 0. The van der Waals surface area contributed by atoms with Gasteiger partial charge in [-0.1, -0.05) is 111 Å². The minimum atomic E-state index is -3.67. The average molecular weight is 471 g/mol. The lowest BCUT2D eigenvalue weighted by Crippen LogP contribution is -2.13. The first kappa shape index (κ1) is 30.9. The van der Waals surface area contributed by atoms with Gasteiger partial charge in [-0.3, -0.25) is 4.55 Å². The van der Waals surface area contributed by atoms with Gasteiger partial charge in [-0.15, -0.1) is 0 Å². The highest BCUT2D eigenvalue weighted by molar-refractivity contribution is 7.85. The molecule has 0 aromatic heterocycles. The molecule has 0 fully saturated rings. The first-order valence-electron chi connectivity index (χ1n) is 12.7. The molecule has 0 heterocycles. The fourth-order valence-electron chi connectivity index (χ4n) is 3.87. The summed E-state index contributed by atoms with van der Waals surface area (Å²) in [6.45, 7) is 11.2. The molecule has 0 saturated heterocycles. The van der Waals surface area contributed by atoms with Crippen LogP contribution in [0.5, 0.6) is 5.75 Å². The van der Waals surface area contributed by atoms with Gasteiger partial charge in [-0.05, 0) is 47.8 Å². The fourth-order valence-corrected chi connectivity index (χ4v) is 3.87. The van der Waals surface area contributed by atoms with Crippen LogP contribution in [-0.4, -0.2) is 24.3 Å². The lowest BCUT2D eigenvalue weighted by atomic mass is 9.82. The maximum absolute atomic E-state index is 10.9. The third-order valence-corrected chi connectivity index (χ3v) is 5.68. The van der Waals surface area contributed by atoms with E-state index in [2.05, 4.69) is 46.8 Å². The first-order valence-corrected chi connectivity index (χ1v) is 14.5. The molecule has 0 aliphatic heterocycles. The number of rotatable bonds is 14. The first-order chi connectivity index (χ1) is 14.9. The van der Waals surface area contributed by atoms with Crippen molar-refractivity contribution in [2.24, 2.45) is 0 Å². The minimum Gasteiger partial charge on any atom is -0.507 e. The lowest BCUT2D eigenvalue weighted by Gasteiger charge is -2.23. The predicted octanol–water partition coefficient (Wildman–Crippen LogP) is 8.00. The number of benzene rings is 1. The second kappa shape index (κ2) is 16.5. The van der Waals surface area contributed by atoms with Gasteiger partial charge in [0.1, 0.15) is 5.75 Å². The largest absolute Gasteiger partial charge is 0.507 e. The van der Waals surface area contributed by atoms with Crippen molar-refractivity contribution in [1.82, 2.24) is 0 Å². The number of hydrogen-bond acceptors (Lipinski definition) is 3. The quantitative estimate of drug-likeness (QED) is 0.213. The maximum atomic E-state index is 10.9. The molecule has 1 aromatic carbocycles. The molecule has 0 aliphatic rings. The molecular formula is C27H50O4S. The van der Waals surface area contributed by atoms with Gasteiger partial charge in [-0.25, -0.2) is 0 Å². The molecule has 0 atom stereocenters. The molecule has 0 aliphatic carbocycles. The predicted molar refractivity (Wildman–Crippen MR) is 138 cm³/mol. The number of aromatic hydroxyl groups is 1. The van der Waals surface area contributed by atoms with Gasteiger partial charge < -0.3 is 5.11 Å². The van der Waals surface area contributed by atoms with Gasteiger partial charge >= 0.3 is 0 Å². The van der Waals surface area contributed by atoms with Gasteiger partial charge in [-0.2, -0.15) is 8.42 Å². The van der Waals surface area contributed by atoms with E-state index in [1.165, 1.54) is 88.2 Å². The van der Waals surface area contributed by atoms with E-state index < -0.39 is 10.1 Å². The molecule has 4 nitrogen and oxygen atoms in total. The van der Waals surface area contributed by atoms with Gasteiger partial charge in [0.25, 0.3) is 10.1 Å². The summed E-state index contributed by atoms with van der Waals surface area (Å²) in [7, 11) is -3.67. The molecular weight excluding hydrogens is 420 g/mol. The van der Waals surface area contributed by atoms with E-state index in [0.717, 1.165) is 18.4 Å². The van der Waals surface area contributed by atoms with Crippen LogP contribution in [0.15, 0.2) is 12.1 Å². The van der Waals surface area contributed by atoms with Crippen LogP contribution in [0.2, 0.25) is 0 Å². The van der Waals surface area contributed by atoms with Crippen LogP contribution in [0.1, 0.15) is 128 Å². The Balaban J connectivity index is 0.00000172. The third-order valence-electron chi connectivity index (χ3n) is 5.68. The number of unbranched alkanes of at least 4 members (excludes halogenated alkanes) is 10. The second-order valence-corrected chi connectivity index (χ2v) is 11.6. The zero-order valence-corrected chi connectivity index (χ0v) is 22.5. The normalized spacial score (nSPS) is 11.8. The molecule has 0 unspecified atom stereocenters. The second-order valence-electron chi connectivity index (χ2n) is 10.2. The van der Waals surface area contributed by atoms with Crippen LogP contribution in [0.4, 0.5) is 0 Å². The molecule has 1 aromatic rings.